The Bertz CT molecular complexity index is 1120. The molecule has 0 unspecified atom stereocenters. The van der Waals surface area contributed by atoms with Gasteiger partial charge in [0, 0.05) is 4.88 Å². The lowest BCUT2D eigenvalue weighted by atomic mass is 10.1. The third kappa shape index (κ3) is 4.05. The molecule has 8 heteroatoms. The molecular formula is C22H18F3NO3S. The standard InChI is InChI=1S/C22H18F3NO3S/c1-29-20(27)16-8-4-14(5-9-16)18-19(15-6-7-15)30-21(28)26(18)12-13-2-10-17(11-3-13)22(23,24)25/h2-5,8-11,15H,6-7,12H2,1H3. The Morgan fingerprint density at radius 2 is 1.73 bits per heavy atom. The van der Waals surface area contributed by atoms with E-state index in [2.05, 4.69) is 0 Å². The fraction of sp³-hybridized carbons (Fsp3) is 0.273. The fourth-order valence-corrected chi connectivity index (χ4v) is 4.53. The van der Waals surface area contributed by atoms with Crippen molar-refractivity contribution in [1.29, 1.82) is 0 Å². The van der Waals surface area contributed by atoms with Crippen LogP contribution in [-0.2, 0) is 17.5 Å². The molecule has 0 spiro atoms. The van der Waals surface area contributed by atoms with E-state index < -0.39 is 17.7 Å². The molecule has 2 aromatic carbocycles. The van der Waals surface area contributed by atoms with E-state index in [-0.39, 0.29) is 11.4 Å². The summed E-state index contributed by atoms with van der Waals surface area (Å²) in [5.74, 6) is -0.122. The molecule has 1 aliphatic rings. The summed E-state index contributed by atoms with van der Waals surface area (Å²) < 4.78 is 44.8. The number of esters is 1. The molecule has 0 radical (unpaired) electrons. The van der Waals surface area contributed by atoms with Crippen LogP contribution in [0.5, 0.6) is 0 Å². The molecule has 1 fully saturated rings. The minimum Gasteiger partial charge on any atom is -0.465 e. The van der Waals surface area contributed by atoms with Crippen molar-refractivity contribution in [2.75, 3.05) is 7.11 Å². The van der Waals surface area contributed by atoms with Crippen LogP contribution in [0.4, 0.5) is 13.2 Å². The van der Waals surface area contributed by atoms with Crippen LogP contribution in [0.2, 0.25) is 0 Å². The summed E-state index contributed by atoms with van der Waals surface area (Å²) in [5.41, 5.74) is 1.85. The van der Waals surface area contributed by atoms with Gasteiger partial charge in [0.1, 0.15) is 0 Å². The highest BCUT2D eigenvalue weighted by atomic mass is 32.1. The van der Waals surface area contributed by atoms with Crippen LogP contribution in [0, 0.1) is 0 Å². The molecule has 0 aliphatic heterocycles. The van der Waals surface area contributed by atoms with E-state index in [1.54, 1.807) is 28.8 Å². The number of methoxy groups -OCH3 is 1. The van der Waals surface area contributed by atoms with Gasteiger partial charge >= 0.3 is 17.0 Å². The molecule has 3 aromatic rings. The molecule has 30 heavy (non-hydrogen) atoms. The van der Waals surface area contributed by atoms with Crippen molar-refractivity contribution >= 4 is 17.3 Å². The van der Waals surface area contributed by atoms with Crippen LogP contribution < -0.4 is 4.87 Å². The topological polar surface area (TPSA) is 48.3 Å². The number of rotatable bonds is 5. The molecule has 0 N–H and O–H groups in total. The summed E-state index contributed by atoms with van der Waals surface area (Å²) in [7, 11) is 1.31. The SMILES string of the molecule is COC(=O)c1ccc(-c2c(C3CC3)sc(=O)n2Cc2ccc(C(F)(F)F)cc2)cc1. The average Bonchev–Trinajstić information content (AvgIpc) is 3.52. The van der Waals surface area contributed by atoms with Crippen LogP contribution in [0.3, 0.4) is 0 Å². The summed E-state index contributed by atoms with van der Waals surface area (Å²) in [6, 6.07) is 11.7. The van der Waals surface area contributed by atoms with E-state index in [1.807, 2.05) is 0 Å². The summed E-state index contributed by atoms with van der Waals surface area (Å²) in [6.45, 7) is 0.175. The monoisotopic (exact) mass is 433 g/mol. The summed E-state index contributed by atoms with van der Waals surface area (Å²) >= 11 is 1.18. The molecule has 0 saturated heterocycles. The van der Waals surface area contributed by atoms with E-state index >= 15 is 0 Å². The molecule has 0 amide bonds. The number of benzene rings is 2. The maximum atomic E-state index is 12.8. The Balaban J connectivity index is 1.72. The number of halogens is 3. The number of alkyl halides is 3. The van der Waals surface area contributed by atoms with Crippen LogP contribution >= 0.6 is 11.3 Å². The number of nitrogens with zero attached hydrogens (tertiary/aromatic N) is 1. The van der Waals surface area contributed by atoms with Crippen LogP contribution in [0.15, 0.2) is 53.3 Å². The zero-order chi connectivity index (χ0) is 21.5. The number of hydrogen-bond acceptors (Lipinski definition) is 4. The normalized spacial score (nSPS) is 14.0. The molecule has 0 atom stereocenters. The number of ether oxygens (including phenoxy) is 1. The fourth-order valence-electron chi connectivity index (χ4n) is 3.35. The molecule has 4 rings (SSSR count). The Labute approximate surface area is 174 Å². The molecule has 4 nitrogen and oxygen atoms in total. The zero-order valence-corrected chi connectivity index (χ0v) is 16.8. The van der Waals surface area contributed by atoms with Gasteiger partial charge in [0.15, 0.2) is 0 Å². The lowest BCUT2D eigenvalue weighted by molar-refractivity contribution is -0.137. The largest absolute Gasteiger partial charge is 0.465 e. The molecular weight excluding hydrogens is 415 g/mol. The van der Waals surface area contributed by atoms with Crippen molar-refractivity contribution in [2.24, 2.45) is 0 Å². The highest BCUT2D eigenvalue weighted by molar-refractivity contribution is 7.09. The first-order valence-electron chi connectivity index (χ1n) is 9.36. The number of carbonyl (C=O) groups excluding carboxylic acids is 1. The molecule has 0 bridgehead atoms. The summed E-state index contributed by atoms with van der Waals surface area (Å²) in [4.78, 5) is 25.3. The van der Waals surface area contributed by atoms with Crippen molar-refractivity contribution in [3.63, 3.8) is 0 Å². The number of thiazole rings is 1. The van der Waals surface area contributed by atoms with Crippen molar-refractivity contribution in [1.82, 2.24) is 4.57 Å². The number of aromatic nitrogens is 1. The third-order valence-electron chi connectivity index (χ3n) is 5.07. The minimum atomic E-state index is -4.40. The lowest BCUT2D eigenvalue weighted by Crippen LogP contribution is -2.15. The summed E-state index contributed by atoms with van der Waals surface area (Å²) in [6.07, 6.45) is -2.38. The van der Waals surface area contributed by atoms with Gasteiger partial charge in [-0.15, -0.1) is 0 Å². The predicted octanol–water partition coefficient (Wildman–Crippen LogP) is 5.31. The lowest BCUT2D eigenvalue weighted by Gasteiger charge is -2.12. The smallest absolute Gasteiger partial charge is 0.416 e. The Morgan fingerprint density at radius 3 is 2.27 bits per heavy atom. The third-order valence-corrected chi connectivity index (χ3v) is 6.21. The van der Waals surface area contributed by atoms with Crippen molar-refractivity contribution < 1.29 is 22.7 Å². The van der Waals surface area contributed by atoms with Gasteiger partial charge in [-0.05, 0) is 54.2 Å². The Hall–Kier alpha value is -2.87. The molecule has 1 heterocycles. The van der Waals surface area contributed by atoms with Crippen molar-refractivity contribution in [3.8, 4) is 11.3 Å². The van der Waals surface area contributed by atoms with E-state index in [1.165, 1.54) is 30.6 Å². The average molecular weight is 433 g/mol. The Kier molecular flexibility index (Phi) is 5.27. The summed E-state index contributed by atoms with van der Waals surface area (Å²) in [5, 5.41) is 0. The van der Waals surface area contributed by atoms with E-state index in [4.69, 9.17) is 4.74 Å². The van der Waals surface area contributed by atoms with E-state index in [0.29, 0.717) is 17.0 Å². The van der Waals surface area contributed by atoms with Gasteiger partial charge in [0.25, 0.3) is 0 Å². The second kappa shape index (κ2) is 7.75. The first-order chi connectivity index (χ1) is 14.3. The number of carbonyl (C=O) groups is 1. The van der Waals surface area contributed by atoms with E-state index in [9.17, 15) is 22.8 Å². The van der Waals surface area contributed by atoms with Gasteiger partial charge < -0.3 is 4.74 Å². The maximum Gasteiger partial charge on any atom is 0.416 e. The van der Waals surface area contributed by atoms with Gasteiger partial charge in [-0.1, -0.05) is 35.6 Å². The first kappa shape index (κ1) is 20.4. The minimum absolute atomic E-state index is 0.149. The second-order valence-corrected chi connectivity index (χ2v) is 8.20. The van der Waals surface area contributed by atoms with Crippen LogP contribution in [-0.4, -0.2) is 17.6 Å². The van der Waals surface area contributed by atoms with Crippen molar-refractivity contribution in [2.45, 2.75) is 31.5 Å². The van der Waals surface area contributed by atoms with Gasteiger partial charge in [-0.2, -0.15) is 13.2 Å². The zero-order valence-electron chi connectivity index (χ0n) is 16.0. The predicted molar refractivity (Wildman–Crippen MR) is 108 cm³/mol. The quantitative estimate of drug-likeness (QED) is 0.513. The number of hydrogen-bond donors (Lipinski definition) is 0. The maximum absolute atomic E-state index is 12.8. The molecule has 1 aliphatic carbocycles. The Morgan fingerprint density at radius 1 is 1.10 bits per heavy atom. The molecule has 156 valence electrons. The molecule has 1 saturated carbocycles. The molecule has 1 aromatic heterocycles. The first-order valence-corrected chi connectivity index (χ1v) is 10.2. The van der Waals surface area contributed by atoms with Gasteiger partial charge in [0.05, 0.1) is 30.5 Å². The van der Waals surface area contributed by atoms with Crippen molar-refractivity contribution in [3.05, 3.63) is 79.8 Å². The second-order valence-electron chi connectivity index (χ2n) is 7.20. The van der Waals surface area contributed by atoms with Gasteiger partial charge in [0.2, 0.25) is 0 Å². The van der Waals surface area contributed by atoms with E-state index in [0.717, 1.165) is 41.1 Å². The van der Waals surface area contributed by atoms with Crippen LogP contribution in [0.25, 0.3) is 11.3 Å². The highest BCUT2D eigenvalue weighted by Crippen LogP contribution is 2.46. The van der Waals surface area contributed by atoms with Gasteiger partial charge in [-0.3, -0.25) is 9.36 Å². The highest BCUT2D eigenvalue weighted by Gasteiger charge is 2.32. The van der Waals surface area contributed by atoms with Crippen LogP contribution in [0.1, 0.15) is 45.1 Å². The van der Waals surface area contributed by atoms with Gasteiger partial charge in [-0.25, -0.2) is 4.79 Å².